The summed E-state index contributed by atoms with van der Waals surface area (Å²) in [7, 11) is 1.65. The molecule has 0 spiro atoms. The van der Waals surface area contributed by atoms with Crippen LogP contribution in [0.15, 0.2) is 48.5 Å². The molecule has 0 bridgehead atoms. The molecule has 4 nitrogen and oxygen atoms in total. The molecule has 2 aromatic rings. The van der Waals surface area contributed by atoms with Crippen LogP contribution in [0, 0.1) is 0 Å². The highest BCUT2D eigenvalue weighted by Gasteiger charge is 2.05. The number of carbonyl (C=O) groups excluding carboxylic acids is 1. The molecule has 0 aliphatic heterocycles. The molecule has 0 saturated heterocycles. The van der Waals surface area contributed by atoms with Crippen LogP contribution in [-0.4, -0.2) is 19.6 Å². The van der Waals surface area contributed by atoms with Crippen molar-refractivity contribution in [3.63, 3.8) is 0 Å². The van der Waals surface area contributed by atoms with E-state index < -0.39 is 0 Å². The molecular formula is C19H24N2O2. The van der Waals surface area contributed by atoms with Gasteiger partial charge in [-0.05, 0) is 29.7 Å². The van der Waals surface area contributed by atoms with Crippen LogP contribution in [0.5, 0.6) is 5.75 Å². The Labute approximate surface area is 137 Å². The largest absolute Gasteiger partial charge is 0.496 e. The number of anilines is 1. The van der Waals surface area contributed by atoms with Crippen LogP contribution in [0.2, 0.25) is 0 Å². The van der Waals surface area contributed by atoms with E-state index in [-0.39, 0.29) is 12.5 Å². The quantitative estimate of drug-likeness (QED) is 0.822. The number of nitrogens with one attached hydrogen (secondary N) is 2. The van der Waals surface area contributed by atoms with Gasteiger partial charge in [-0.3, -0.25) is 4.79 Å². The second kappa shape index (κ2) is 8.34. The molecule has 0 saturated carbocycles. The number of methoxy groups -OCH3 is 1. The summed E-state index contributed by atoms with van der Waals surface area (Å²) >= 11 is 0. The molecule has 4 heteroatoms. The van der Waals surface area contributed by atoms with Gasteiger partial charge in [-0.2, -0.15) is 0 Å². The van der Waals surface area contributed by atoms with Crippen molar-refractivity contribution in [3.8, 4) is 5.75 Å². The highest BCUT2D eigenvalue weighted by Crippen LogP contribution is 2.17. The Morgan fingerprint density at radius 3 is 2.43 bits per heavy atom. The number of amides is 1. The number of para-hydroxylation sites is 1. The fraction of sp³-hybridized carbons (Fsp3) is 0.316. The highest BCUT2D eigenvalue weighted by atomic mass is 16.5. The van der Waals surface area contributed by atoms with E-state index in [1.807, 2.05) is 48.5 Å². The Balaban J connectivity index is 1.81. The monoisotopic (exact) mass is 312 g/mol. The van der Waals surface area contributed by atoms with Crippen LogP contribution >= 0.6 is 0 Å². The first kappa shape index (κ1) is 17.0. The van der Waals surface area contributed by atoms with E-state index in [1.54, 1.807) is 7.11 Å². The minimum atomic E-state index is -0.0582. The maximum atomic E-state index is 12.0. The Bertz CT molecular complexity index is 636. The van der Waals surface area contributed by atoms with Crippen molar-refractivity contribution in [1.29, 1.82) is 0 Å². The van der Waals surface area contributed by atoms with E-state index in [4.69, 9.17) is 4.74 Å². The normalized spacial score (nSPS) is 10.6. The van der Waals surface area contributed by atoms with E-state index in [2.05, 4.69) is 24.5 Å². The molecule has 1 amide bonds. The molecule has 0 fully saturated rings. The van der Waals surface area contributed by atoms with Gasteiger partial charge in [0.15, 0.2) is 0 Å². The molecule has 2 N–H and O–H groups in total. The van der Waals surface area contributed by atoms with Crippen LogP contribution < -0.4 is 15.4 Å². The minimum Gasteiger partial charge on any atom is -0.496 e. The summed E-state index contributed by atoms with van der Waals surface area (Å²) < 4.78 is 5.29. The van der Waals surface area contributed by atoms with E-state index in [9.17, 15) is 4.79 Å². The molecule has 0 radical (unpaired) electrons. The SMILES string of the molecule is COc1ccccc1CNCC(=O)Nc1ccc(C(C)C)cc1. The van der Waals surface area contributed by atoms with Gasteiger partial charge in [0.25, 0.3) is 0 Å². The molecule has 0 aliphatic rings. The minimum absolute atomic E-state index is 0.0582. The third-order valence-electron chi connectivity index (χ3n) is 3.65. The van der Waals surface area contributed by atoms with Gasteiger partial charge in [-0.15, -0.1) is 0 Å². The van der Waals surface area contributed by atoms with Gasteiger partial charge >= 0.3 is 0 Å². The predicted octanol–water partition coefficient (Wildman–Crippen LogP) is 3.55. The molecule has 0 aliphatic carbocycles. The number of benzene rings is 2. The lowest BCUT2D eigenvalue weighted by molar-refractivity contribution is -0.115. The van der Waals surface area contributed by atoms with E-state index in [0.717, 1.165) is 17.0 Å². The maximum absolute atomic E-state index is 12.0. The van der Waals surface area contributed by atoms with Gasteiger partial charge in [0, 0.05) is 17.8 Å². The zero-order valence-electron chi connectivity index (χ0n) is 13.9. The van der Waals surface area contributed by atoms with Gasteiger partial charge in [0.2, 0.25) is 5.91 Å². The van der Waals surface area contributed by atoms with Gasteiger partial charge in [-0.1, -0.05) is 44.2 Å². The van der Waals surface area contributed by atoms with E-state index >= 15 is 0 Å². The van der Waals surface area contributed by atoms with Gasteiger partial charge in [0.1, 0.15) is 5.75 Å². The number of carbonyl (C=O) groups is 1. The van der Waals surface area contributed by atoms with Crippen molar-refractivity contribution in [1.82, 2.24) is 5.32 Å². The summed E-state index contributed by atoms with van der Waals surface area (Å²) in [5, 5.41) is 6.02. The molecule has 0 aromatic heterocycles. The van der Waals surface area contributed by atoms with Crippen LogP contribution in [-0.2, 0) is 11.3 Å². The molecule has 0 unspecified atom stereocenters. The third kappa shape index (κ3) is 5.11. The summed E-state index contributed by atoms with van der Waals surface area (Å²) in [5.74, 6) is 1.25. The fourth-order valence-corrected chi connectivity index (χ4v) is 2.32. The number of hydrogen-bond acceptors (Lipinski definition) is 3. The summed E-state index contributed by atoms with van der Waals surface area (Å²) in [5.41, 5.74) is 3.11. The van der Waals surface area contributed by atoms with Gasteiger partial charge < -0.3 is 15.4 Å². The summed E-state index contributed by atoms with van der Waals surface area (Å²) in [6.07, 6.45) is 0. The van der Waals surface area contributed by atoms with Crippen molar-refractivity contribution < 1.29 is 9.53 Å². The lowest BCUT2D eigenvalue weighted by atomic mass is 10.0. The molecule has 2 aromatic carbocycles. The number of rotatable bonds is 7. The van der Waals surface area contributed by atoms with Crippen LogP contribution in [0.4, 0.5) is 5.69 Å². The number of hydrogen-bond donors (Lipinski definition) is 2. The summed E-state index contributed by atoms with van der Waals surface area (Å²) in [6, 6.07) is 15.7. The summed E-state index contributed by atoms with van der Waals surface area (Å²) in [4.78, 5) is 12.0. The molecule has 23 heavy (non-hydrogen) atoms. The van der Waals surface area contributed by atoms with Gasteiger partial charge in [0.05, 0.1) is 13.7 Å². The van der Waals surface area contributed by atoms with Gasteiger partial charge in [-0.25, -0.2) is 0 Å². The first-order valence-corrected chi connectivity index (χ1v) is 7.82. The van der Waals surface area contributed by atoms with Crippen molar-refractivity contribution in [3.05, 3.63) is 59.7 Å². The lowest BCUT2D eigenvalue weighted by Gasteiger charge is -2.10. The average Bonchev–Trinajstić information content (AvgIpc) is 2.55. The van der Waals surface area contributed by atoms with E-state index in [1.165, 1.54) is 5.56 Å². The lowest BCUT2D eigenvalue weighted by Crippen LogP contribution is -2.27. The summed E-state index contributed by atoms with van der Waals surface area (Å²) in [6.45, 7) is 5.14. The van der Waals surface area contributed by atoms with Crippen LogP contribution in [0.25, 0.3) is 0 Å². The molecule has 2 rings (SSSR count). The van der Waals surface area contributed by atoms with Crippen molar-refractivity contribution in [2.75, 3.05) is 19.0 Å². The first-order valence-electron chi connectivity index (χ1n) is 7.82. The second-order valence-electron chi connectivity index (χ2n) is 5.74. The molecular weight excluding hydrogens is 288 g/mol. The predicted molar refractivity (Wildman–Crippen MR) is 93.9 cm³/mol. The third-order valence-corrected chi connectivity index (χ3v) is 3.65. The average molecular weight is 312 g/mol. The van der Waals surface area contributed by atoms with Crippen molar-refractivity contribution in [2.24, 2.45) is 0 Å². The highest BCUT2D eigenvalue weighted by molar-refractivity contribution is 5.92. The van der Waals surface area contributed by atoms with Crippen molar-refractivity contribution in [2.45, 2.75) is 26.3 Å². The zero-order chi connectivity index (χ0) is 16.7. The first-order chi connectivity index (χ1) is 11.1. The smallest absolute Gasteiger partial charge is 0.238 e. The molecule has 0 atom stereocenters. The Morgan fingerprint density at radius 2 is 1.78 bits per heavy atom. The Hall–Kier alpha value is -2.33. The molecule has 0 heterocycles. The van der Waals surface area contributed by atoms with Crippen molar-refractivity contribution >= 4 is 11.6 Å². The topological polar surface area (TPSA) is 50.4 Å². The zero-order valence-corrected chi connectivity index (χ0v) is 13.9. The Morgan fingerprint density at radius 1 is 1.09 bits per heavy atom. The maximum Gasteiger partial charge on any atom is 0.238 e. The van der Waals surface area contributed by atoms with Crippen LogP contribution in [0.1, 0.15) is 30.9 Å². The van der Waals surface area contributed by atoms with E-state index in [0.29, 0.717) is 12.5 Å². The van der Waals surface area contributed by atoms with Crippen LogP contribution in [0.3, 0.4) is 0 Å². The number of ether oxygens (including phenoxy) is 1. The second-order valence-corrected chi connectivity index (χ2v) is 5.74. The standard InChI is InChI=1S/C19H24N2O2/c1-14(2)15-8-10-17(11-9-15)21-19(22)13-20-12-16-6-4-5-7-18(16)23-3/h4-11,14,20H,12-13H2,1-3H3,(H,21,22). The Kier molecular flexibility index (Phi) is 6.18. The fourth-order valence-electron chi connectivity index (χ4n) is 2.32. The molecule has 122 valence electrons.